The number of amides is 1. The summed E-state index contributed by atoms with van der Waals surface area (Å²) in [6.07, 6.45) is 1.11. The van der Waals surface area contributed by atoms with Crippen molar-refractivity contribution in [3.05, 3.63) is 17.0 Å². The van der Waals surface area contributed by atoms with Gasteiger partial charge in [0.05, 0.1) is 6.54 Å². The molecule has 0 bridgehead atoms. The van der Waals surface area contributed by atoms with Gasteiger partial charge in [-0.1, -0.05) is 13.8 Å². The smallest absolute Gasteiger partial charge is 0.410 e. The first-order valence-electron chi connectivity index (χ1n) is 8.38. The highest BCUT2D eigenvalue weighted by Gasteiger charge is 2.31. The van der Waals surface area contributed by atoms with Gasteiger partial charge in [-0.2, -0.15) is 5.10 Å². The van der Waals surface area contributed by atoms with E-state index in [2.05, 4.69) is 18.9 Å². The Morgan fingerprint density at radius 2 is 2.00 bits per heavy atom. The van der Waals surface area contributed by atoms with Crippen molar-refractivity contribution in [3.63, 3.8) is 0 Å². The molecule has 0 spiro atoms. The summed E-state index contributed by atoms with van der Waals surface area (Å²) >= 11 is 0. The van der Waals surface area contributed by atoms with Gasteiger partial charge in [-0.15, -0.1) is 0 Å². The first kappa shape index (κ1) is 18.3. The van der Waals surface area contributed by atoms with Gasteiger partial charge in [-0.3, -0.25) is 4.68 Å². The Kier molecular flexibility index (Phi) is 5.20. The fourth-order valence-electron chi connectivity index (χ4n) is 2.71. The standard InChI is InChI=1S/C17H27N3O4/c1-11(2)6-9-20-13-7-8-19(16(23)24-17(3,4)5)10-12(13)14(18-20)15(21)22/h11H,6-10H2,1-5H3,(H,21,22). The second-order valence-electron chi connectivity index (χ2n) is 7.64. The number of ether oxygens (including phenoxy) is 1. The molecule has 2 heterocycles. The molecule has 0 saturated carbocycles. The van der Waals surface area contributed by atoms with Gasteiger partial charge in [-0.05, 0) is 33.1 Å². The fraction of sp³-hybridized carbons (Fsp3) is 0.706. The fourth-order valence-corrected chi connectivity index (χ4v) is 2.71. The Morgan fingerprint density at radius 3 is 2.54 bits per heavy atom. The molecule has 1 aliphatic rings. The number of carboxylic acids is 1. The first-order chi connectivity index (χ1) is 11.1. The topological polar surface area (TPSA) is 84.7 Å². The maximum atomic E-state index is 12.3. The van der Waals surface area contributed by atoms with Crippen LogP contribution in [0.4, 0.5) is 4.79 Å². The molecule has 0 aliphatic carbocycles. The van der Waals surface area contributed by atoms with E-state index in [9.17, 15) is 14.7 Å². The quantitative estimate of drug-likeness (QED) is 0.913. The molecule has 7 nitrogen and oxygen atoms in total. The molecular weight excluding hydrogens is 310 g/mol. The van der Waals surface area contributed by atoms with Crippen LogP contribution in [-0.2, 0) is 24.2 Å². The lowest BCUT2D eigenvalue weighted by Gasteiger charge is -2.30. The van der Waals surface area contributed by atoms with Crippen LogP contribution in [-0.4, -0.2) is 44.0 Å². The minimum absolute atomic E-state index is 0.0435. The molecule has 0 aromatic carbocycles. The number of carbonyl (C=O) groups excluding carboxylic acids is 1. The third-order valence-electron chi connectivity index (χ3n) is 3.91. The summed E-state index contributed by atoms with van der Waals surface area (Å²) in [5, 5.41) is 13.7. The van der Waals surface area contributed by atoms with E-state index in [1.54, 1.807) is 9.58 Å². The van der Waals surface area contributed by atoms with Crippen molar-refractivity contribution in [2.24, 2.45) is 5.92 Å². The highest BCUT2D eigenvalue weighted by Crippen LogP contribution is 2.25. The number of fused-ring (bicyclic) bond motifs is 1. The monoisotopic (exact) mass is 337 g/mol. The highest BCUT2D eigenvalue weighted by molar-refractivity contribution is 5.87. The lowest BCUT2D eigenvalue weighted by Crippen LogP contribution is -2.40. The number of hydrogen-bond donors (Lipinski definition) is 1. The van der Waals surface area contributed by atoms with Crippen LogP contribution in [0.15, 0.2) is 0 Å². The third-order valence-corrected chi connectivity index (χ3v) is 3.91. The van der Waals surface area contributed by atoms with Crippen molar-refractivity contribution < 1.29 is 19.4 Å². The second kappa shape index (κ2) is 6.83. The molecule has 24 heavy (non-hydrogen) atoms. The lowest BCUT2D eigenvalue weighted by molar-refractivity contribution is 0.0220. The Labute approximate surface area is 142 Å². The van der Waals surface area contributed by atoms with Crippen molar-refractivity contribution in [2.75, 3.05) is 6.54 Å². The number of aryl methyl sites for hydroxylation is 1. The predicted octanol–water partition coefficient (Wildman–Crippen LogP) is 2.92. The van der Waals surface area contributed by atoms with Gasteiger partial charge in [0, 0.05) is 30.8 Å². The summed E-state index contributed by atoms with van der Waals surface area (Å²) in [6.45, 7) is 11.1. The van der Waals surface area contributed by atoms with E-state index < -0.39 is 17.7 Å². The van der Waals surface area contributed by atoms with Crippen molar-refractivity contribution in [1.82, 2.24) is 14.7 Å². The normalized spacial score (nSPS) is 14.7. The summed E-state index contributed by atoms with van der Waals surface area (Å²) in [5.74, 6) is -0.541. The van der Waals surface area contributed by atoms with Gasteiger partial charge in [0.2, 0.25) is 0 Å². The molecule has 1 aromatic heterocycles. The van der Waals surface area contributed by atoms with Crippen LogP contribution in [0.25, 0.3) is 0 Å². The van der Waals surface area contributed by atoms with E-state index >= 15 is 0 Å². The SMILES string of the molecule is CC(C)CCn1nc(C(=O)O)c2c1CCN(C(=O)OC(C)(C)C)C2. The number of hydrogen-bond acceptors (Lipinski definition) is 4. The zero-order valence-corrected chi connectivity index (χ0v) is 15.1. The highest BCUT2D eigenvalue weighted by atomic mass is 16.6. The van der Waals surface area contributed by atoms with Gasteiger partial charge < -0.3 is 14.7 Å². The molecule has 1 amide bonds. The Hall–Kier alpha value is -2.05. The van der Waals surface area contributed by atoms with Gasteiger partial charge in [0.1, 0.15) is 5.60 Å². The molecule has 0 radical (unpaired) electrons. The zero-order chi connectivity index (χ0) is 18.1. The Morgan fingerprint density at radius 1 is 1.33 bits per heavy atom. The van der Waals surface area contributed by atoms with Gasteiger partial charge in [-0.25, -0.2) is 9.59 Å². The number of aromatic carboxylic acids is 1. The van der Waals surface area contributed by atoms with Crippen LogP contribution in [0.3, 0.4) is 0 Å². The Bertz CT molecular complexity index is 629. The van der Waals surface area contributed by atoms with E-state index in [1.807, 2.05) is 20.8 Å². The zero-order valence-electron chi connectivity index (χ0n) is 15.1. The number of nitrogens with zero attached hydrogens (tertiary/aromatic N) is 3. The molecule has 1 aliphatic heterocycles. The Balaban J connectivity index is 2.23. The summed E-state index contributed by atoms with van der Waals surface area (Å²) in [7, 11) is 0. The van der Waals surface area contributed by atoms with Crippen molar-refractivity contribution >= 4 is 12.1 Å². The molecule has 134 valence electrons. The molecule has 0 saturated heterocycles. The predicted molar refractivity (Wildman–Crippen MR) is 89.0 cm³/mol. The summed E-state index contributed by atoms with van der Waals surface area (Å²) in [5.41, 5.74) is 1.02. The molecule has 0 unspecified atom stereocenters. The van der Waals surface area contributed by atoms with E-state index in [4.69, 9.17) is 4.74 Å². The lowest BCUT2D eigenvalue weighted by atomic mass is 10.0. The van der Waals surface area contributed by atoms with Crippen LogP contribution < -0.4 is 0 Å². The summed E-state index contributed by atoms with van der Waals surface area (Å²) in [6, 6.07) is 0. The van der Waals surface area contributed by atoms with E-state index in [0.717, 1.165) is 12.1 Å². The first-order valence-corrected chi connectivity index (χ1v) is 8.38. The van der Waals surface area contributed by atoms with Crippen LogP contribution in [0, 0.1) is 5.92 Å². The minimum atomic E-state index is -1.06. The molecule has 0 atom stereocenters. The summed E-state index contributed by atoms with van der Waals surface area (Å²) < 4.78 is 7.19. The van der Waals surface area contributed by atoms with Crippen molar-refractivity contribution in [3.8, 4) is 0 Å². The number of rotatable bonds is 4. The molecule has 1 aromatic rings. The van der Waals surface area contributed by atoms with E-state index in [-0.39, 0.29) is 12.2 Å². The van der Waals surface area contributed by atoms with Gasteiger partial charge in [0.25, 0.3) is 0 Å². The van der Waals surface area contributed by atoms with Gasteiger partial charge >= 0.3 is 12.1 Å². The number of carboxylic acid groups (broad SMARTS) is 1. The van der Waals surface area contributed by atoms with Crippen LogP contribution in [0.1, 0.15) is 62.8 Å². The van der Waals surface area contributed by atoms with Gasteiger partial charge in [0.15, 0.2) is 5.69 Å². The minimum Gasteiger partial charge on any atom is -0.476 e. The molecule has 7 heteroatoms. The molecular formula is C17H27N3O4. The van der Waals surface area contributed by atoms with Crippen LogP contribution >= 0.6 is 0 Å². The maximum Gasteiger partial charge on any atom is 0.410 e. The maximum absolute atomic E-state index is 12.3. The third kappa shape index (κ3) is 4.27. The molecule has 0 fully saturated rings. The average molecular weight is 337 g/mol. The van der Waals surface area contributed by atoms with E-state index in [1.165, 1.54) is 0 Å². The second-order valence-corrected chi connectivity index (χ2v) is 7.64. The van der Waals surface area contributed by atoms with Crippen LogP contribution in [0.2, 0.25) is 0 Å². The average Bonchev–Trinajstić information content (AvgIpc) is 2.81. The van der Waals surface area contributed by atoms with E-state index in [0.29, 0.717) is 31.0 Å². The molecule has 1 N–H and O–H groups in total. The van der Waals surface area contributed by atoms with Crippen molar-refractivity contribution in [1.29, 1.82) is 0 Å². The number of aromatic nitrogens is 2. The van der Waals surface area contributed by atoms with Crippen molar-refractivity contribution in [2.45, 2.75) is 66.2 Å². The number of carbonyl (C=O) groups is 2. The molecule has 2 rings (SSSR count). The summed E-state index contributed by atoms with van der Waals surface area (Å²) in [4.78, 5) is 25.3. The van der Waals surface area contributed by atoms with Crippen LogP contribution in [0.5, 0.6) is 0 Å². The largest absolute Gasteiger partial charge is 0.476 e.